The van der Waals surface area contributed by atoms with E-state index < -0.39 is 29.7 Å². The number of amides is 2. The van der Waals surface area contributed by atoms with Gasteiger partial charge in [-0.1, -0.05) is 30.3 Å². The molecule has 0 aliphatic carbocycles. The minimum Gasteiger partial charge on any atom is -0.446 e. The van der Waals surface area contributed by atoms with E-state index in [1.54, 1.807) is 20.8 Å². The zero-order valence-electron chi connectivity index (χ0n) is 15.9. The van der Waals surface area contributed by atoms with Gasteiger partial charge < -0.3 is 9.47 Å². The summed E-state index contributed by atoms with van der Waals surface area (Å²) in [6.07, 6.45) is 4.13. The van der Waals surface area contributed by atoms with Crippen LogP contribution < -0.4 is 0 Å². The molecule has 8 nitrogen and oxygen atoms in total. The van der Waals surface area contributed by atoms with Crippen LogP contribution in [0.1, 0.15) is 38.1 Å². The topological polar surface area (TPSA) is 90.7 Å². The number of benzene rings is 1. The molecule has 2 heterocycles. The minimum atomic E-state index is -0.692. The zero-order valence-corrected chi connectivity index (χ0v) is 15.9. The van der Waals surface area contributed by atoms with Gasteiger partial charge in [0, 0.05) is 12.3 Å². The van der Waals surface area contributed by atoms with Crippen LogP contribution in [0.3, 0.4) is 0 Å². The SMILES string of the molecule is CC(C)(C)OC(=O)n1cnc(/C=C/C(=O)N2C(=O)OC[C@H]2c2ccccc2)c1. The largest absolute Gasteiger partial charge is 0.446 e. The summed E-state index contributed by atoms with van der Waals surface area (Å²) in [5, 5.41) is 0. The summed E-state index contributed by atoms with van der Waals surface area (Å²) in [6, 6.07) is 8.71. The zero-order chi connectivity index (χ0) is 20.3. The number of ether oxygens (including phenoxy) is 2. The highest BCUT2D eigenvalue weighted by Crippen LogP contribution is 2.27. The van der Waals surface area contributed by atoms with E-state index in [0.29, 0.717) is 5.69 Å². The molecular formula is C20H21N3O5. The summed E-state index contributed by atoms with van der Waals surface area (Å²) < 4.78 is 11.5. The second-order valence-electron chi connectivity index (χ2n) is 7.23. The quantitative estimate of drug-likeness (QED) is 0.755. The molecule has 0 N–H and O–H groups in total. The molecule has 1 saturated heterocycles. The fraction of sp³-hybridized carbons (Fsp3) is 0.300. The van der Waals surface area contributed by atoms with E-state index in [4.69, 9.17) is 9.47 Å². The van der Waals surface area contributed by atoms with Gasteiger partial charge in [0.1, 0.15) is 24.6 Å². The van der Waals surface area contributed by atoms with Gasteiger partial charge in [-0.05, 0) is 32.4 Å². The molecule has 1 aliphatic rings. The first-order chi connectivity index (χ1) is 13.2. The number of hydrogen-bond donors (Lipinski definition) is 0. The molecule has 146 valence electrons. The molecule has 2 amide bonds. The molecule has 0 bridgehead atoms. The van der Waals surface area contributed by atoms with Gasteiger partial charge in [0.2, 0.25) is 0 Å². The molecule has 28 heavy (non-hydrogen) atoms. The van der Waals surface area contributed by atoms with Gasteiger partial charge >= 0.3 is 12.2 Å². The maximum atomic E-state index is 12.6. The summed E-state index contributed by atoms with van der Waals surface area (Å²) in [6.45, 7) is 5.40. The fourth-order valence-electron chi connectivity index (χ4n) is 2.66. The van der Waals surface area contributed by atoms with E-state index in [1.165, 1.54) is 29.2 Å². The summed E-state index contributed by atoms with van der Waals surface area (Å²) in [7, 11) is 0. The number of cyclic esters (lactones) is 1. The molecule has 1 atom stereocenters. The first-order valence-electron chi connectivity index (χ1n) is 8.75. The van der Waals surface area contributed by atoms with Crippen molar-refractivity contribution in [2.45, 2.75) is 32.4 Å². The molecule has 0 unspecified atom stereocenters. The summed E-state index contributed by atoms with van der Waals surface area (Å²) in [5.74, 6) is -0.525. The van der Waals surface area contributed by atoms with Gasteiger partial charge in [-0.25, -0.2) is 24.0 Å². The van der Waals surface area contributed by atoms with E-state index in [9.17, 15) is 14.4 Å². The van der Waals surface area contributed by atoms with Crippen LogP contribution in [0.5, 0.6) is 0 Å². The van der Waals surface area contributed by atoms with E-state index in [1.807, 2.05) is 30.3 Å². The third kappa shape index (κ3) is 4.46. The number of imide groups is 1. The Morgan fingerprint density at radius 1 is 1.25 bits per heavy atom. The van der Waals surface area contributed by atoms with Crippen LogP contribution in [0.2, 0.25) is 0 Å². The molecule has 8 heteroatoms. The smallest absolute Gasteiger partial charge is 0.419 e. The molecule has 1 fully saturated rings. The van der Waals surface area contributed by atoms with Crippen LogP contribution in [-0.2, 0) is 14.3 Å². The van der Waals surface area contributed by atoms with Crippen molar-refractivity contribution in [3.8, 4) is 0 Å². The van der Waals surface area contributed by atoms with Crippen molar-refractivity contribution >= 4 is 24.2 Å². The van der Waals surface area contributed by atoms with Gasteiger partial charge in [0.05, 0.1) is 5.69 Å². The Kier molecular flexibility index (Phi) is 5.30. The Balaban J connectivity index is 1.71. The van der Waals surface area contributed by atoms with Crippen LogP contribution in [-0.4, -0.2) is 44.8 Å². The maximum absolute atomic E-state index is 12.6. The first-order valence-corrected chi connectivity index (χ1v) is 8.75. The van der Waals surface area contributed by atoms with E-state index in [-0.39, 0.29) is 6.61 Å². The molecule has 1 aromatic carbocycles. The van der Waals surface area contributed by atoms with Crippen LogP contribution in [0.15, 0.2) is 48.9 Å². The predicted octanol–water partition coefficient (Wildman–Crippen LogP) is 3.40. The number of carbonyl (C=O) groups excluding carboxylic acids is 3. The molecule has 0 spiro atoms. The fourth-order valence-corrected chi connectivity index (χ4v) is 2.66. The van der Waals surface area contributed by atoms with Gasteiger partial charge in [-0.15, -0.1) is 0 Å². The highest BCUT2D eigenvalue weighted by molar-refractivity contribution is 6.02. The van der Waals surface area contributed by atoms with Crippen LogP contribution in [0.25, 0.3) is 6.08 Å². The normalized spacial score (nSPS) is 17.0. The minimum absolute atomic E-state index is 0.107. The monoisotopic (exact) mass is 383 g/mol. The van der Waals surface area contributed by atoms with E-state index in [2.05, 4.69) is 4.98 Å². The molecule has 0 radical (unpaired) electrons. The summed E-state index contributed by atoms with van der Waals surface area (Å²) in [5.41, 5.74) is 0.558. The number of hydrogen-bond acceptors (Lipinski definition) is 6. The molecule has 3 rings (SSSR count). The van der Waals surface area contributed by atoms with Crippen molar-refractivity contribution < 1.29 is 23.9 Å². The number of carbonyl (C=O) groups is 3. The molecule has 1 aliphatic heterocycles. The molecule has 1 aromatic heterocycles. The van der Waals surface area contributed by atoms with Gasteiger partial charge in [0.25, 0.3) is 5.91 Å². The molecular weight excluding hydrogens is 362 g/mol. The van der Waals surface area contributed by atoms with Crippen molar-refractivity contribution in [1.82, 2.24) is 14.5 Å². The Morgan fingerprint density at radius 3 is 2.64 bits per heavy atom. The third-order valence-corrected chi connectivity index (χ3v) is 3.90. The van der Waals surface area contributed by atoms with E-state index in [0.717, 1.165) is 10.5 Å². The Bertz CT molecular complexity index is 911. The number of rotatable bonds is 3. The van der Waals surface area contributed by atoms with Crippen molar-refractivity contribution in [1.29, 1.82) is 0 Å². The lowest BCUT2D eigenvalue weighted by molar-refractivity contribution is -0.124. The molecule has 0 saturated carbocycles. The van der Waals surface area contributed by atoms with Gasteiger partial charge in [0.15, 0.2) is 0 Å². The van der Waals surface area contributed by atoms with Crippen molar-refractivity contribution in [3.63, 3.8) is 0 Å². The summed E-state index contributed by atoms with van der Waals surface area (Å²) >= 11 is 0. The summed E-state index contributed by atoms with van der Waals surface area (Å²) in [4.78, 5) is 41.7. The predicted molar refractivity (Wildman–Crippen MR) is 100 cm³/mol. The third-order valence-electron chi connectivity index (χ3n) is 3.90. The van der Waals surface area contributed by atoms with Crippen LogP contribution >= 0.6 is 0 Å². The van der Waals surface area contributed by atoms with Crippen molar-refractivity contribution in [2.24, 2.45) is 0 Å². The van der Waals surface area contributed by atoms with Gasteiger partial charge in [-0.2, -0.15) is 0 Å². The lowest BCUT2D eigenvalue weighted by Crippen LogP contribution is -2.32. The Labute approximate surface area is 162 Å². The van der Waals surface area contributed by atoms with Crippen LogP contribution in [0.4, 0.5) is 9.59 Å². The Morgan fingerprint density at radius 2 is 1.96 bits per heavy atom. The lowest BCUT2D eigenvalue weighted by atomic mass is 10.1. The number of aromatic nitrogens is 2. The number of nitrogens with zero attached hydrogens (tertiary/aromatic N) is 3. The number of imidazole rings is 1. The van der Waals surface area contributed by atoms with Gasteiger partial charge in [-0.3, -0.25) is 4.79 Å². The first kappa shape index (κ1) is 19.3. The second-order valence-corrected chi connectivity index (χ2v) is 7.23. The standard InChI is InChI=1S/C20H21N3O5/c1-20(2,3)28-18(25)22-11-15(21-13-22)9-10-17(24)23-16(12-27-19(23)26)14-7-5-4-6-8-14/h4-11,13,16H,12H2,1-3H3/b10-9+/t16-/m0/s1. The average molecular weight is 383 g/mol. The van der Waals surface area contributed by atoms with Crippen molar-refractivity contribution in [3.05, 3.63) is 60.2 Å². The Hall–Kier alpha value is -3.42. The van der Waals surface area contributed by atoms with E-state index >= 15 is 0 Å². The lowest BCUT2D eigenvalue weighted by Gasteiger charge is -2.19. The highest BCUT2D eigenvalue weighted by atomic mass is 16.6. The second kappa shape index (κ2) is 7.67. The average Bonchev–Trinajstić information content (AvgIpc) is 3.26. The highest BCUT2D eigenvalue weighted by Gasteiger charge is 2.37. The molecule has 2 aromatic rings. The van der Waals surface area contributed by atoms with Crippen molar-refractivity contribution in [2.75, 3.05) is 6.61 Å². The maximum Gasteiger partial charge on any atom is 0.419 e. The van der Waals surface area contributed by atoms with Crippen LogP contribution in [0, 0.1) is 0 Å².